The lowest BCUT2D eigenvalue weighted by atomic mass is 10.3. The largest absolute Gasteiger partial charge is 0.351 e. The summed E-state index contributed by atoms with van der Waals surface area (Å²) >= 11 is 3.06. The molecule has 0 aliphatic rings. The van der Waals surface area contributed by atoms with Gasteiger partial charge in [0.25, 0.3) is 5.91 Å². The minimum Gasteiger partial charge on any atom is -0.351 e. The van der Waals surface area contributed by atoms with Crippen LogP contribution in [-0.2, 0) is 6.42 Å². The number of amides is 1. The Labute approximate surface area is 130 Å². The van der Waals surface area contributed by atoms with E-state index in [9.17, 15) is 4.79 Å². The number of imidazole rings is 1. The van der Waals surface area contributed by atoms with Crippen LogP contribution in [0.1, 0.15) is 21.2 Å². The van der Waals surface area contributed by atoms with Gasteiger partial charge in [0.15, 0.2) is 0 Å². The average molecular weight is 318 g/mol. The second-order valence-electron chi connectivity index (χ2n) is 4.49. The van der Waals surface area contributed by atoms with E-state index in [1.807, 2.05) is 23.8 Å². The Kier molecular flexibility index (Phi) is 4.12. The average Bonchev–Trinajstić information content (AvgIpc) is 3.19. The fourth-order valence-electron chi connectivity index (χ4n) is 1.93. The van der Waals surface area contributed by atoms with E-state index in [1.165, 1.54) is 11.3 Å². The maximum Gasteiger partial charge on any atom is 0.263 e. The molecule has 3 aromatic rings. The van der Waals surface area contributed by atoms with Gasteiger partial charge in [-0.25, -0.2) is 9.97 Å². The van der Waals surface area contributed by atoms with Crippen molar-refractivity contribution in [3.8, 4) is 10.6 Å². The van der Waals surface area contributed by atoms with Crippen molar-refractivity contribution < 1.29 is 4.79 Å². The topological polar surface area (TPSA) is 70.7 Å². The zero-order valence-corrected chi connectivity index (χ0v) is 13.1. The Morgan fingerprint density at radius 2 is 2.38 bits per heavy atom. The van der Waals surface area contributed by atoms with Gasteiger partial charge in [-0.3, -0.25) is 4.79 Å². The van der Waals surface area contributed by atoms with Crippen LogP contribution in [0.15, 0.2) is 29.2 Å². The van der Waals surface area contributed by atoms with Crippen LogP contribution in [0.4, 0.5) is 0 Å². The van der Waals surface area contributed by atoms with Crippen LogP contribution in [0.3, 0.4) is 0 Å². The molecular weight excluding hydrogens is 304 g/mol. The van der Waals surface area contributed by atoms with Crippen molar-refractivity contribution in [2.45, 2.75) is 13.3 Å². The van der Waals surface area contributed by atoms with Crippen molar-refractivity contribution in [2.24, 2.45) is 0 Å². The molecule has 3 rings (SSSR count). The molecule has 21 heavy (non-hydrogen) atoms. The summed E-state index contributed by atoms with van der Waals surface area (Å²) in [7, 11) is 0. The maximum absolute atomic E-state index is 12.2. The molecule has 0 aliphatic heterocycles. The van der Waals surface area contributed by atoms with Crippen LogP contribution in [0, 0.1) is 6.92 Å². The second-order valence-corrected chi connectivity index (χ2v) is 6.27. The number of thiophene rings is 1. The molecule has 0 bridgehead atoms. The van der Waals surface area contributed by atoms with E-state index >= 15 is 0 Å². The third-order valence-electron chi connectivity index (χ3n) is 2.97. The van der Waals surface area contributed by atoms with Gasteiger partial charge in [0.1, 0.15) is 15.7 Å². The molecule has 2 N–H and O–H groups in total. The van der Waals surface area contributed by atoms with Crippen molar-refractivity contribution in [1.82, 2.24) is 20.3 Å². The quantitative estimate of drug-likeness (QED) is 0.760. The van der Waals surface area contributed by atoms with Crippen molar-refractivity contribution in [3.63, 3.8) is 0 Å². The molecule has 0 unspecified atom stereocenters. The van der Waals surface area contributed by atoms with E-state index in [1.54, 1.807) is 23.7 Å². The van der Waals surface area contributed by atoms with E-state index in [-0.39, 0.29) is 5.91 Å². The van der Waals surface area contributed by atoms with Crippen molar-refractivity contribution >= 4 is 28.6 Å². The summed E-state index contributed by atoms with van der Waals surface area (Å²) in [5, 5.41) is 7.85. The zero-order valence-electron chi connectivity index (χ0n) is 11.4. The Bertz CT molecular complexity index is 716. The number of aromatic nitrogens is 3. The van der Waals surface area contributed by atoms with E-state index in [0.29, 0.717) is 17.8 Å². The summed E-state index contributed by atoms with van der Waals surface area (Å²) in [5.41, 5.74) is 1.85. The molecule has 7 heteroatoms. The van der Waals surface area contributed by atoms with Crippen molar-refractivity contribution in [3.05, 3.63) is 45.6 Å². The van der Waals surface area contributed by atoms with Gasteiger partial charge in [-0.1, -0.05) is 0 Å². The van der Waals surface area contributed by atoms with Crippen LogP contribution < -0.4 is 5.32 Å². The molecule has 3 aromatic heterocycles. The molecule has 1 amide bonds. The van der Waals surface area contributed by atoms with E-state index < -0.39 is 0 Å². The summed E-state index contributed by atoms with van der Waals surface area (Å²) in [6.07, 6.45) is 4.17. The maximum atomic E-state index is 12.2. The number of nitrogens with one attached hydrogen (secondary N) is 2. The van der Waals surface area contributed by atoms with Gasteiger partial charge < -0.3 is 10.3 Å². The number of nitrogens with zero attached hydrogens (tertiary/aromatic N) is 2. The van der Waals surface area contributed by atoms with Crippen molar-refractivity contribution in [1.29, 1.82) is 0 Å². The number of H-pyrrole nitrogens is 1. The van der Waals surface area contributed by atoms with Gasteiger partial charge in [-0.15, -0.1) is 11.3 Å². The van der Waals surface area contributed by atoms with E-state index in [0.717, 1.165) is 22.1 Å². The molecule has 0 fully saturated rings. The first-order valence-electron chi connectivity index (χ1n) is 6.50. The Morgan fingerprint density at radius 3 is 3.10 bits per heavy atom. The van der Waals surface area contributed by atoms with Crippen LogP contribution in [0.2, 0.25) is 0 Å². The monoisotopic (exact) mass is 318 g/mol. The van der Waals surface area contributed by atoms with Crippen molar-refractivity contribution in [2.75, 3.05) is 6.54 Å². The predicted molar refractivity (Wildman–Crippen MR) is 84.8 cm³/mol. The van der Waals surface area contributed by atoms with Gasteiger partial charge in [0, 0.05) is 36.3 Å². The lowest BCUT2D eigenvalue weighted by molar-refractivity contribution is 0.0957. The smallest absolute Gasteiger partial charge is 0.263 e. The van der Waals surface area contributed by atoms with E-state index in [2.05, 4.69) is 20.3 Å². The highest BCUT2D eigenvalue weighted by atomic mass is 32.1. The van der Waals surface area contributed by atoms with Gasteiger partial charge in [0.05, 0.1) is 5.69 Å². The molecular formula is C14H14N4OS2. The summed E-state index contributed by atoms with van der Waals surface area (Å²) in [6.45, 7) is 2.42. The fraction of sp³-hybridized carbons (Fsp3) is 0.214. The lowest BCUT2D eigenvalue weighted by Gasteiger charge is -2.02. The Morgan fingerprint density at radius 1 is 1.48 bits per heavy atom. The number of hydrogen-bond acceptors (Lipinski definition) is 5. The fourth-order valence-corrected chi connectivity index (χ4v) is 3.62. The third-order valence-corrected chi connectivity index (χ3v) is 4.86. The zero-order chi connectivity index (χ0) is 14.7. The van der Waals surface area contributed by atoms with Crippen LogP contribution in [-0.4, -0.2) is 27.4 Å². The second kappa shape index (κ2) is 6.19. The number of aromatic amines is 1. The predicted octanol–water partition coefficient (Wildman–Crippen LogP) is 2.88. The summed E-state index contributed by atoms with van der Waals surface area (Å²) in [6, 6.07) is 2.02. The number of rotatable bonds is 5. The number of thiazole rings is 1. The molecule has 0 radical (unpaired) electrons. The van der Waals surface area contributed by atoms with Crippen LogP contribution >= 0.6 is 22.7 Å². The number of hydrogen-bond donors (Lipinski definition) is 2. The van der Waals surface area contributed by atoms with Gasteiger partial charge in [-0.05, 0) is 18.4 Å². The Hall–Kier alpha value is -1.99. The van der Waals surface area contributed by atoms with Gasteiger partial charge in [-0.2, -0.15) is 11.3 Å². The first-order chi connectivity index (χ1) is 10.2. The number of carbonyl (C=O) groups is 1. The molecule has 0 aliphatic carbocycles. The standard InChI is InChI=1S/C14H14N4OS2/c1-9-12(21-14(18-9)10-3-7-20-8-10)13(19)17-4-2-11-15-5-6-16-11/h3,5-8H,2,4H2,1H3,(H,15,16)(H,17,19). The van der Waals surface area contributed by atoms with Gasteiger partial charge in [0.2, 0.25) is 0 Å². The highest BCUT2D eigenvalue weighted by Gasteiger charge is 2.16. The highest BCUT2D eigenvalue weighted by molar-refractivity contribution is 7.17. The van der Waals surface area contributed by atoms with Crippen LogP contribution in [0.5, 0.6) is 0 Å². The molecule has 0 atom stereocenters. The molecule has 0 saturated heterocycles. The molecule has 3 heterocycles. The van der Waals surface area contributed by atoms with Gasteiger partial charge >= 0.3 is 0 Å². The molecule has 0 saturated carbocycles. The molecule has 108 valence electrons. The summed E-state index contributed by atoms with van der Waals surface area (Å²) < 4.78 is 0. The molecule has 0 spiro atoms. The van der Waals surface area contributed by atoms with E-state index in [4.69, 9.17) is 0 Å². The number of aryl methyl sites for hydroxylation is 1. The lowest BCUT2D eigenvalue weighted by Crippen LogP contribution is -2.25. The summed E-state index contributed by atoms with van der Waals surface area (Å²) in [5.74, 6) is 0.799. The highest BCUT2D eigenvalue weighted by Crippen LogP contribution is 2.29. The Balaban J connectivity index is 1.64. The minimum atomic E-state index is -0.0713. The SMILES string of the molecule is Cc1nc(-c2ccsc2)sc1C(=O)NCCc1ncc[nH]1. The normalized spacial score (nSPS) is 10.7. The first-order valence-corrected chi connectivity index (χ1v) is 8.26. The molecule has 0 aromatic carbocycles. The minimum absolute atomic E-state index is 0.0713. The third kappa shape index (κ3) is 3.20. The molecule has 5 nitrogen and oxygen atoms in total. The summed E-state index contributed by atoms with van der Waals surface area (Å²) in [4.78, 5) is 24.5. The first kappa shape index (κ1) is 14.0. The van der Waals surface area contributed by atoms with Crippen LogP contribution in [0.25, 0.3) is 10.6 Å². The number of carbonyl (C=O) groups excluding carboxylic acids is 1.